The Bertz CT molecular complexity index is 766. The minimum absolute atomic E-state index is 0.269. The van der Waals surface area contributed by atoms with E-state index in [2.05, 4.69) is 87.4 Å². The lowest BCUT2D eigenvalue weighted by molar-refractivity contribution is 0.867. The van der Waals surface area contributed by atoms with E-state index in [1.54, 1.807) is 0 Å². The molecule has 0 unspecified atom stereocenters. The number of rotatable bonds is 4. The molecule has 0 aliphatic rings. The maximum absolute atomic E-state index is 4.77. The van der Waals surface area contributed by atoms with Crippen LogP contribution in [0.5, 0.6) is 0 Å². The zero-order valence-corrected chi connectivity index (χ0v) is 14.0. The Hall–Kier alpha value is -2.35. The Kier molecular flexibility index (Phi) is 4.61. The Balaban J connectivity index is 2.19. The molecule has 114 valence electrons. The van der Waals surface area contributed by atoms with Crippen LogP contribution in [-0.2, 0) is 0 Å². The highest BCUT2D eigenvalue weighted by Crippen LogP contribution is 2.27. The van der Waals surface area contributed by atoms with E-state index in [0.29, 0.717) is 5.92 Å². The van der Waals surface area contributed by atoms with E-state index in [0.717, 1.165) is 5.59 Å². The molecule has 2 heteroatoms. The number of hydrogen-bond acceptors (Lipinski definition) is 1. The molecule has 3 aromatic rings. The lowest BCUT2D eigenvalue weighted by Gasteiger charge is -2.19. The molecular formula is C21H22BN. The van der Waals surface area contributed by atoms with Crippen molar-refractivity contribution in [3.8, 4) is 11.1 Å². The van der Waals surface area contributed by atoms with Gasteiger partial charge in [0.15, 0.2) is 0 Å². The molecule has 0 saturated heterocycles. The summed E-state index contributed by atoms with van der Waals surface area (Å²) in [5.74, 6) is 0.468. The summed E-state index contributed by atoms with van der Waals surface area (Å²) in [4.78, 5) is 4.77. The first-order valence-electron chi connectivity index (χ1n) is 8.27. The number of benzene rings is 2. The van der Waals surface area contributed by atoms with E-state index >= 15 is 0 Å². The first-order chi connectivity index (χ1) is 11.2. The van der Waals surface area contributed by atoms with E-state index in [-0.39, 0.29) is 6.71 Å². The van der Waals surface area contributed by atoms with Crippen LogP contribution < -0.4 is 11.1 Å². The van der Waals surface area contributed by atoms with Crippen LogP contribution in [0.15, 0.2) is 72.9 Å². The highest BCUT2D eigenvalue weighted by molar-refractivity contribution is 6.84. The third-order valence-corrected chi connectivity index (χ3v) is 4.41. The first-order valence-corrected chi connectivity index (χ1v) is 8.27. The van der Waals surface area contributed by atoms with Crippen molar-refractivity contribution in [2.24, 2.45) is 0 Å². The van der Waals surface area contributed by atoms with Gasteiger partial charge in [-0.2, -0.15) is 0 Å². The molecule has 1 heterocycles. The molecule has 23 heavy (non-hydrogen) atoms. The molecule has 0 fully saturated rings. The molecule has 1 nitrogen and oxygen atoms in total. The summed E-state index contributed by atoms with van der Waals surface area (Å²) >= 11 is 0. The van der Waals surface area contributed by atoms with Gasteiger partial charge in [-0.3, -0.25) is 4.98 Å². The topological polar surface area (TPSA) is 12.9 Å². The van der Waals surface area contributed by atoms with Crippen LogP contribution in [0.1, 0.15) is 25.3 Å². The first kappa shape index (κ1) is 15.5. The normalized spacial score (nSPS) is 10.8. The number of nitrogens with zero attached hydrogens (tertiary/aromatic N) is 1. The molecule has 0 saturated carbocycles. The monoisotopic (exact) mass is 299 g/mol. The third kappa shape index (κ3) is 3.21. The predicted octanol–water partition coefficient (Wildman–Crippen LogP) is 4.11. The molecule has 0 atom stereocenters. The minimum Gasteiger partial charge on any atom is -0.270 e. The standard InChI is InChI=1S/C21H22BN/c1-16(2)19-14-15-23-21(20(19)17-10-6-4-7-11-17)22(3)18-12-8-5-9-13-18/h4-16H,1-3H3. The molecule has 0 bridgehead atoms. The van der Waals surface area contributed by atoms with Crippen molar-refractivity contribution in [3.63, 3.8) is 0 Å². The molecule has 0 aliphatic heterocycles. The molecule has 0 N–H and O–H groups in total. The number of aromatic nitrogens is 1. The maximum Gasteiger partial charge on any atom is 0.231 e. The highest BCUT2D eigenvalue weighted by Gasteiger charge is 2.22. The highest BCUT2D eigenvalue weighted by atomic mass is 14.7. The summed E-state index contributed by atoms with van der Waals surface area (Å²) < 4.78 is 0. The fraction of sp³-hybridized carbons (Fsp3) is 0.190. The average molecular weight is 299 g/mol. The van der Waals surface area contributed by atoms with Gasteiger partial charge in [0, 0.05) is 11.8 Å². The van der Waals surface area contributed by atoms with Crippen molar-refractivity contribution < 1.29 is 0 Å². The van der Waals surface area contributed by atoms with Crippen molar-refractivity contribution in [1.82, 2.24) is 4.98 Å². The Morgan fingerprint density at radius 3 is 2.04 bits per heavy atom. The van der Waals surface area contributed by atoms with Gasteiger partial charge in [-0.25, -0.2) is 0 Å². The maximum atomic E-state index is 4.77. The summed E-state index contributed by atoms with van der Waals surface area (Å²) in [5.41, 5.74) is 6.37. The SMILES string of the molecule is CB(c1ccccc1)c1nccc(C(C)C)c1-c1ccccc1. The van der Waals surface area contributed by atoms with E-state index in [1.165, 1.54) is 22.2 Å². The number of hydrogen-bond donors (Lipinski definition) is 0. The Labute approximate surface area is 139 Å². The van der Waals surface area contributed by atoms with E-state index < -0.39 is 0 Å². The number of pyridine rings is 1. The largest absolute Gasteiger partial charge is 0.270 e. The van der Waals surface area contributed by atoms with Gasteiger partial charge in [-0.05, 0) is 28.7 Å². The lowest BCUT2D eigenvalue weighted by Crippen LogP contribution is -2.42. The quantitative estimate of drug-likeness (QED) is 0.661. The molecule has 3 rings (SSSR count). The lowest BCUT2D eigenvalue weighted by atomic mass is 9.43. The van der Waals surface area contributed by atoms with Crippen LogP contribution in [0, 0.1) is 0 Å². The summed E-state index contributed by atoms with van der Waals surface area (Å²) in [5, 5.41) is 0. The summed E-state index contributed by atoms with van der Waals surface area (Å²) in [7, 11) is 0. The zero-order chi connectivity index (χ0) is 16.2. The van der Waals surface area contributed by atoms with Gasteiger partial charge in [-0.1, -0.05) is 86.8 Å². The molecular weight excluding hydrogens is 277 g/mol. The summed E-state index contributed by atoms with van der Waals surface area (Å²) in [6.07, 6.45) is 1.95. The van der Waals surface area contributed by atoms with Gasteiger partial charge in [0.05, 0.1) is 0 Å². The van der Waals surface area contributed by atoms with E-state index in [1.807, 2.05) is 6.20 Å². The minimum atomic E-state index is 0.269. The fourth-order valence-corrected chi connectivity index (χ4v) is 3.12. The summed E-state index contributed by atoms with van der Waals surface area (Å²) in [6.45, 7) is 7.01. The van der Waals surface area contributed by atoms with Crippen LogP contribution in [-0.4, -0.2) is 11.7 Å². The smallest absolute Gasteiger partial charge is 0.231 e. The second-order valence-electron chi connectivity index (χ2n) is 6.31. The van der Waals surface area contributed by atoms with Gasteiger partial charge in [0.25, 0.3) is 0 Å². The van der Waals surface area contributed by atoms with Gasteiger partial charge < -0.3 is 0 Å². The van der Waals surface area contributed by atoms with Crippen molar-refractivity contribution in [2.75, 3.05) is 0 Å². The molecule has 0 spiro atoms. The van der Waals surface area contributed by atoms with Gasteiger partial charge in [-0.15, -0.1) is 0 Å². The van der Waals surface area contributed by atoms with Crippen molar-refractivity contribution in [3.05, 3.63) is 78.5 Å². The molecule has 0 amide bonds. The van der Waals surface area contributed by atoms with Crippen LogP contribution in [0.25, 0.3) is 11.1 Å². The van der Waals surface area contributed by atoms with E-state index in [4.69, 9.17) is 4.98 Å². The van der Waals surface area contributed by atoms with Crippen LogP contribution in [0.4, 0.5) is 0 Å². The molecule has 2 aromatic carbocycles. The van der Waals surface area contributed by atoms with E-state index in [9.17, 15) is 0 Å². The van der Waals surface area contributed by atoms with Crippen molar-refractivity contribution >= 4 is 17.8 Å². The van der Waals surface area contributed by atoms with Crippen LogP contribution in [0.3, 0.4) is 0 Å². The predicted molar refractivity (Wildman–Crippen MR) is 101 cm³/mol. The molecule has 0 radical (unpaired) electrons. The van der Waals surface area contributed by atoms with Crippen LogP contribution >= 0.6 is 0 Å². The Morgan fingerprint density at radius 1 is 0.826 bits per heavy atom. The average Bonchev–Trinajstić information content (AvgIpc) is 2.62. The Morgan fingerprint density at radius 2 is 1.43 bits per heavy atom. The fourth-order valence-electron chi connectivity index (χ4n) is 3.12. The third-order valence-electron chi connectivity index (χ3n) is 4.41. The zero-order valence-electron chi connectivity index (χ0n) is 14.0. The van der Waals surface area contributed by atoms with Crippen LogP contribution in [0.2, 0.25) is 6.82 Å². The second kappa shape index (κ2) is 6.83. The summed E-state index contributed by atoms with van der Waals surface area (Å²) in [6, 6.07) is 23.4. The van der Waals surface area contributed by atoms with Gasteiger partial charge in [0.2, 0.25) is 6.71 Å². The van der Waals surface area contributed by atoms with Gasteiger partial charge in [0.1, 0.15) is 0 Å². The molecule has 0 aliphatic carbocycles. The van der Waals surface area contributed by atoms with Crippen molar-refractivity contribution in [2.45, 2.75) is 26.6 Å². The van der Waals surface area contributed by atoms with Crippen molar-refractivity contribution in [1.29, 1.82) is 0 Å². The molecule has 1 aromatic heterocycles. The van der Waals surface area contributed by atoms with Gasteiger partial charge >= 0.3 is 0 Å². The second-order valence-corrected chi connectivity index (χ2v) is 6.31.